The molecule has 2 heterocycles. The van der Waals surface area contributed by atoms with Gasteiger partial charge in [-0.05, 0) is 24.5 Å². The molecule has 0 saturated carbocycles. The molecule has 0 amide bonds. The molecular weight excluding hydrogens is 427 g/mol. The molecule has 0 fully saturated rings. The Balaban J connectivity index is 0.00000312. The van der Waals surface area contributed by atoms with Crippen LogP contribution in [-0.4, -0.2) is 40.7 Å². The standard InChI is InChI=1S/C18H30N6.HI/c1-4-6-9-15(5-2)14-21-18(19-3)20-12-11-17-23-22-16-10-7-8-13-24(16)17;/h7-8,10,13,15H,4-6,9,11-12,14H2,1-3H3,(H2,19,20,21);1H. The molecule has 0 bridgehead atoms. The monoisotopic (exact) mass is 458 g/mol. The summed E-state index contributed by atoms with van der Waals surface area (Å²) >= 11 is 0. The number of hydrogen-bond acceptors (Lipinski definition) is 3. The number of aromatic nitrogens is 3. The molecule has 0 spiro atoms. The van der Waals surface area contributed by atoms with Crippen molar-refractivity contribution in [1.82, 2.24) is 25.2 Å². The first-order chi connectivity index (χ1) is 11.8. The lowest BCUT2D eigenvalue weighted by Gasteiger charge is -2.17. The molecule has 0 aliphatic carbocycles. The van der Waals surface area contributed by atoms with Gasteiger partial charge in [-0.3, -0.25) is 9.39 Å². The Morgan fingerprint density at radius 1 is 1.24 bits per heavy atom. The first-order valence-electron chi connectivity index (χ1n) is 9.01. The first-order valence-corrected chi connectivity index (χ1v) is 9.01. The van der Waals surface area contributed by atoms with Crippen LogP contribution >= 0.6 is 24.0 Å². The number of aliphatic imine (C=N–C) groups is 1. The van der Waals surface area contributed by atoms with E-state index in [4.69, 9.17) is 0 Å². The highest BCUT2D eigenvalue weighted by Crippen LogP contribution is 2.11. The van der Waals surface area contributed by atoms with E-state index in [9.17, 15) is 0 Å². The van der Waals surface area contributed by atoms with Gasteiger partial charge in [0.15, 0.2) is 11.6 Å². The lowest BCUT2D eigenvalue weighted by atomic mass is 9.99. The maximum Gasteiger partial charge on any atom is 0.190 e. The maximum absolute atomic E-state index is 4.31. The van der Waals surface area contributed by atoms with Crippen molar-refractivity contribution in [2.24, 2.45) is 10.9 Å². The third-order valence-electron chi connectivity index (χ3n) is 4.35. The number of nitrogens with one attached hydrogen (secondary N) is 2. The van der Waals surface area contributed by atoms with E-state index in [0.717, 1.165) is 36.9 Å². The average Bonchev–Trinajstić information content (AvgIpc) is 3.03. The Morgan fingerprint density at radius 3 is 2.80 bits per heavy atom. The molecule has 2 N–H and O–H groups in total. The number of unbranched alkanes of at least 4 members (excludes halogenated alkanes) is 1. The fraction of sp³-hybridized carbons (Fsp3) is 0.611. The van der Waals surface area contributed by atoms with Gasteiger partial charge in [-0.15, -0.1) is 34.2 Å². The Morgan fingerprint density at radius 2 is 2.08 bits per heavy atom. The predicted molar refractivity (Wildman–Crippen MR) is 115 cm³/mol. The van der Waals surface area contributed by atoms with Crippen LogP contribution in [0.5, 0.6) is 0 Å². The Hall–Kier alpha value is -1.38. The van der Waals surface area contributed by atoms with Gasteiger partial charge in [0.25, 0.3) is 0 Å². The molecule has 25 heavy (non-hydrogen) atoms. The van der Waals surface area contributed by atoms with Crippen LogP contribution in [0.1, 0.15) is 45.4 Å². The van der Waals surface area contributed by atoms with Crippen LogP contribution in [0.15, 0.2) is 29.4 Å². The summed E-state index contributed by atoms with van der Waals surface area (Å²) in [4.78, 5) is 4.31. The maximum atomic E-state index is 4.31. The number of halogens is 1. The van der Waals surface area contributed by atoms with Gasteiger partial charge in [-0.2, -0.15) is 0 Å². The molecule has 0 saturated heterocycles. The molecule has 0 aliphatic rings. The van der Waals surface area contributed by atoms with Crippen LogP contribution in [0.25, 0.3) is 5.65 Å². The molecular formula is C18H31IN6. The number of nitrogens with zero attached hydrogens (tertiary/aromatic N) is 4. The van der Waals surface area contributed by atoms with Crippen molar-refractivity contribution in [2.75, 3.05) is 20.1 Å². The van der Waals surface area contributed by atoms with Crippen LogP contribution in [0.4, 0.5) is 0 Å². The summed E-state index contributed by atoms with van der Waals surface area (Å²) in [5.41, 5.74) is 0.886. The van der Waals surface area contributed by atoms with Gasteiger partial charge < -0.3 is 10.6 Å². The zero-order valence-corrected chi connectivity index (χ0v) is 17.9. The summed E-state index contributed by atoms with van der Waals surface area (Å²) in [5, 5.41) is 15.2. The molecule has 140 valence electrons. The largest absolute Gasteiger partial charge is 0.356 e. The van der Waals surface area contributed by atoms with Crippen LogP contribution in [0, 0.1) is 5.92 Å². The quantitative estimate of drug-likeness (QED) is 0.344. The zero-order valence-electron chi connectivity index (χ0n) is 15.5. The second kappa shape index (κ2) is 12.1. The molecule has 1 unspecified atom stereocenters. The van der Waals surface area contributed by atoms with E-state index >= 15 is 0 Å². The fourth-order valence-electron chi connectivity index (χ4n) is 2.76. The number of guanidine groups is 1. The van der Waals surface area contributed by atoms with Crippen LogP contribution in [-0.2, 0) is 6.42 Å². The lowest BCUT2D eigenvalue weighted by molar-refractivity contribution is 0.443. The second-order valence-electron chi connectivity index (χ2n) is 6.09. The third-order valence-corrected chi connectivity index (χ3v) is 4.35. The summed E-state index contributed by atoms with van der Waals surface area (Å²) in [5.74, 6) is 2.53. The SMILES string of the molecule is CCCCC(CC)CNC(=NC)NCCc1nnc2ccccn12.I. The van der Waals surface area contributed by atoms with E-state index in [1.54, 1.807) is 0 Å². The van der Waals surface area contributed by atoms with Crippen molar-refractivity contribution < 1.29 is 0 Å². The third kappa shape index (κ3) is 6.80. The van der Waals surface area contributed by atoms with Crippen molar-refractivity contribution >= 4 is 35.6 Å². The van der Waals surface area contributed by atoms with E-state index in [1.165, 1.54) is 25.7 Å². The fourth-order valence-corrected chi connectivity index (χ4v) is 2.76. The van der Waals surface area contributed by atoms with Gasteiger partial charge >= 0.3 is 0 Å². The number of rotatable bonds is 9. The van der Waals surface area contributed by atoms with Crippen molar-refractivity contribution in [3.8, 4) is 0 Å². The molecule has 2 aromatic heterocycles. The van der Waals surface area contributed by atoms with E-state index in [2.05, 4.69) is 39.7 Å². The number of pyridine rings is 1. The number of fused-ring (bicyclic) bond motifs is 1. The van der Waals surface area contributed by atoms with Crippen molar-refractivity contribution in [3.05, 3.63) is 30.2 Å². The smallest absolute Gasteiger partial charge is 0.190 e. The average molecular weight is 458 g/mol. The molecule has 7 heteroatoms. The van der Waals surface area contributed by atoms with Gasteiger partial charge in [0, 0.05) is 32.8 Å². The normalized spacial score (nSPS) is 12.7. The molecule has 0 radical (unpaired) electrons. The van der Waals surface area contributed by atoms with Gasteiger partial charge in [0.1, 0.15) is 5.82 Å². The summed E-state index contributed by atoms with van der Waals surface area (Å²) in [6, 6.07) is 5.93. The molecule has 0 aromatic carbocycles. The topological polar surface area (TPSA) is 66.6 Å². The van der Waals surface area contributed by atoms with Gasteiger partial charge in [-0.25, -0.2) is 0 Å². The highest BCUT2D eigenvalue weighted by molar-refractivity contribution is 14.0. The van der Waals surface area contributed by atoms with E-state index in [0.29, 0.717) is 5.92 Å². The van der Waals surface area contributed by atoms with E-state index < -0.39 is 0 Å². The summed E-state index contributed by atoms with van der Waals surface area (Å²) < 4.78 is 2.02. The molecule has 1 atom stereocenters. The Kier molecular flexibility index (Phi) is 10.4. The minimum atomic E-state index is 0. The van der Waals surface area contributed by atoms with Crippen molar-refractivity contribution in [1.29, 1.82) is 0 Å². The van der Waals surface area contributed by atoms with Crippen LogP contribution in [0.3, 0.4) is 0 Å². The second-order valence-corrected chi connectivity index (χ2v) is 6.09. The van der Waals surface area contributed by atoms with Crippen LogP contribution in [0.2, 0.25) is 0 Å². The summed E-state index contributed by atoms with van der Waals surface area (Å²) in [6.07, 6.45) is 7.84. The first kappa shape index (κ1) is 21.7. The van der Waals surface area contributed by atoms with Crippen molar-refractivity contribution in [2.45, 2.75) is 46.0 Å². The lowest BCUT2D eigenvalue weighted by Crippen LogP contribution is -2.40. The van der Waals surface area contributed by atoms with Gasteiger partial charge in [0.05, 0.1) is 0 Å². The Bertz CT molecular complexity index is 639. The zero-order chi connectivity index (χ0) is 17.2. The van der Waals surface area contributed by atoms with Crippen molar-refractivity contribution in [3.63, 3.8) is 0 Å². The van der Waals surface area contributed by atoms with Gasteiger partial charge in [-0.1, -0.05) is 39.2 Å². The number of hydrogen-bond donors (Lipinski definition) is 2. The molecule has 0 aliphatic heterocycles. The molecule has 6 nitrogen and oxygen atoms in total. The van der Waals surface area contributed by atoms with Crippen LogP contribution < -0.4 is 10.6 Å². The highest BCUT2D eigenvalue weighted by Gasteiger charge is 2.08. The highest BCUT2D eigenvalue weighted by atomic mass is 127. The Labute approximate surface area is 167 Å². The van der Waals surface area contributed by atoms with E-state index in [-0.39, 0.29) is 24.0 Å². The molecule has 2 rings (SSSR count). The summed E-state index contributed by atoms with van der Waals surface area (Å²) in [7, 11) is 1.81. The summed E-state index contributed by atoms with van der Waals surface area (Å²) in [6.45, 7) is 6.26. The van der Waals surface area contributed by atoms with E-state index in [1.807, 2.05) is 35.8 Å². The minimum absolute atomic E-state index is 0. The minimum Gasteiger partial charge on any atom is -0.356 e. The van der Waals surface area contributed by atoms with Gasteiger partial charge in [0.2, 0.25) is 0 Å². The molecule has 2 aromatic rings. The predicted octanol–water partition coefficient (Wildman–Crippen LogP) is 3.27.